The molecule has 2 heterocycles. The molecule has 0 aliphatic carbocycles. The van der Waals surface area contributed by atoms with Gasteiger partial charge in [0.2, 0.25) is 0 Å². The van der Waals surface area contributed by atoms with Crippen LogP contribution < -0.4 is 11.2 Å². The van der Waals surface area contributed by atoms with Gasteiger partial charge < -0.3 is 14.2 Å². The monoisotopic (exact) mass is 379 g/mol. The molecule has 0 radical (unpaired) electrons. The molecule has 1 aliphatic heterocycles. The normalized spacial score (nSPS) is 25.9. The highest BCUT2D eigenvalue weighted by molar-refractivity contribution is 7.54. The lowest BCUT2D eigenvalue weighted by Gasteiger charge is -2.18. The van der Waals surface area contributed by atoms with Gasteiger partial charge in [-0.05, 0) is 12.5 Å². The molecule has 1 aromatic rings. The minimum atomic E-state index is -3.95. The standard InChI is InChI=1S/C11H15ClN5O6P/c1-6-3-17(11(19)14-10(6)18)9-2-7(15-16-13)8(23-9)4-22-24(20,21)5-12/h3,7-9H,2,4-5H2,1H3,(H,20,21)(H,14,18,19)/t7?,8-,9-/m1/s1. The van der Waals surface area contributed by atoms with E-state index in [1.807, 2.05) is 0 Å². The van der Waals surface area contributed by atoms with Crippen LogP contribution in [0.3, 0.4) is 0 Å². The van der Waals surface area contributed by atoms with Gasteiger partial charge >= 0.3 is 13.3 Å². The molecule has 1 saturated heterocycles. The molecule has 2 rings (SSSR count). The number of nitrogens with zero attached hydrogens (tertiary/aromatic N) is 4. The van der Waals surface area contributed by atoms with Crippen LogP contribution >= 0.6 is 19.2 Å². The molecule has 1 fully saturated rings. The Hall–Kier alpha value is -1.61. The van der Waals surface area contributed by atoms with Crippen LogP contribution in [-0.2, 0) is 13.8 Å². The molecule has 2 unspecified atom stereocenters. The third-order valence-corrected chi connectivity index (χ3v) is 5.21. The number of rotatable bonds is 6. The Bertz CT molecular complexity index is 818. The Labute approximate surface area is 140 Å². The molecule has 0 aromatic carbocycles. The Balaban J connectivity index is 2.22. The summed E-state index contributed by atoms with van der Waals surface area (Å²) in [7, 11) is -3.95. The number of aromatic amines is 1. The molecule has 24 heavy (non-hydrogen) atoms. The lowest BCUT2D eigenvalue weighted by Crippen LogP contribution is -2.33. The quantitative estimate of drug-likeness (QED) is 0.248. The predicted molar refractivity (Wildman–Crippen MR) is 84.0 cm³/mol. The van der Waals surface area contributed by atoms with Crippen LogP contribution in [0.1, 0.15) is 18.2 Å². The third kappa shape index (κ3) is 4.27. The van der Waals surface area contributed by atoms with Crippen molar-refractivity contribution in [3.05, 3.63) is 43.0 Å². The molecule has 13 heteroatoms. The Morgan fingerprint density at radius 1 is 1.67 bits per heavy atom. The molecule has 0 bridgehead atoms. The second-order valence-corrected chi connectivity index (χ2v) is 7.66. The zero-order valence-corrected chi connectivity index (χ0v) is 14.2. The van der Waals surface area contributed by atoms with Gasteiger partial charge in [-0.3, -0.25) is 18.9 Å². The number of aryl methyl sites for hydroxylation is 1. The summed E-state index contributed by atoms with van der Waals surface area (Å²) in [4.78, 5) is 37.5. The summed E-state index contributed by atoms with van der Waals surface area (Å²) in [6.45, 7) is 1.19. The molecule has 0 amide bonds. The van der Waals surface area contributed by atoms with E-state index in [4.69, 9.17) is 26.4 Å². The summed E-state index contributed by atoms with van der Waals surface area (Å²) in [5.41, 5.74) is 7.16. The number of hydrogen-bond donors (Lipinski definition) is 2. The lowest BCUT2D eigenvalue weighted by molar-refractivity contribution is -0.0238. The number of hydrogen-bond acceptors (Lipinski definition) is 6. The van der Waals surface area contributed by atoms with Crippen LogP contribution in [0.5, 0.6) is 0 Å². The smallest absolute Gasteiger partial charge is 0.342 e. The van der Waals surface area contributed by atoms with E-state index in [9.17, 15) is 19.0 Å². The van der Waals surface area contributed by atoms with Gasteiger partial charge in [0.05, 0.1) is 18.8 Å². The summed E-state index contributed by atoms with van der Waals surface area (Å²) < 4.78 is 23.0. The van der Waals surface area contributed by atoms with E-state index in [2.05, 4.69) is 15.0 Å². The van der Waals surface area contributed by atoms with E-state index in [-0.39, 0.29) is 13.0 Å². The van der Waals surface area contributed by atoms with Gasteiger partial charge in [-0.15, -0.1) is 11.6 Å². The largest absolute Gasteiger partial charge is 0.352 e. The van der Waals surface area contributed by atoms with E-state index >= 15 is 0 Å². The second kappa shape index (κ2) is 7.52. The topological polar surface area (TPSA) is 159 Å². The summed E-state index contributed by atoms with van der Waals surface area (Å²) in [6.07, 6.45) is -0.183. The number of azide groups is 1. The average molecular weight is 380 g/mol. The number of aromatic nitrogens is 2. The van der Waals surface area contributed by atoms with E-state index in [0.29, 0.717) is 5.56 Å². The fourth-order valence-corrected chi connectivity index (χ4v) is 2.90. The Morgan fingerprint density at radius 3 is 3.00 bits per heavy atom. The molecule has 1 aromatic heterocycles. The first-order chi connectivity index (χ1) is 11.3. The van der Waals surface area contributed by atoms with Gasteiger partial charge in [0.25, 0.3) is 5.56 Å². The van der Waals surface area contributed by atoms with Crippen molar-refractivity contribution in [1.82, 2.24) is 9.55 Å². The molecule has 132 valence electrons. The molecule has 11 nitrogen and oxygen atoms in total. The highest BCUT2D eigenvalue weighted by atomic mass is 35.5. The van der Waals surface area contributed by atoms with Crippen molar-refractivity contribution in [2.75, 3.05) is 12.2 Å². The number of halogens is 1. The number of ether oxygens (including phenoxy) is 1. The van der Waals surface area contributed by atoms with Crippen LogP contribution in [0, 0.1) is 6.92 Å². The molecule has 0 saturated carbocycles. The predicted octanol–water partition coefficient (Wildman–Crippen LogP) is 1.21. The first-order valence-electron chi connectivity index (χ1n) is 6.81. The van der Waals surface area contributed by atoms with Crippen molar-refractivity contribution < 1.29 is 18.7 Å². The highest BCUT2D eigenvalue weighted by Crippen LogP contribution is 2.44. The first-order valence-corrected chi connectivity index (χ1v) is 9.11. The van der Waals surface area contributed by atoms with Crippen molar-refractivity contribution in [2.24, 2.45) is 5.11 Å². The maximum atomic E-state index is 11.9. The van der Waals surface area contributed by atoms with Crippen LogP contribution in [0.15, 0.2) is 20.9 Å². The summed E-state index contributed by atoms with van der Waals surface area (Å²) >= 11 is 5.31. The van der Waals surface area contributed by atoms with E-state index < -0.39 is 42.8 Å². The van der Waals surface area contributed by atoms with Crippen LogP contribution in [0.2, 0.25) is 0 Å². The van der Waals surface area contributed by atoms with Crippen molar-refractivity contribution in [2.45, 2.75) is 31.7 Å². The minimum Gasteiger partial charge on any atom is -0.352 e. The lowest BCUT2D eigenvalue weighted by atomic mass is 10.1. The Morgan fingerprint density at radius 2 is 2.38 bits per heavy atom. The third-order valence-electron chi connectivity index (χ3n) is 3.45. The van der Waals surface area contributed by atoms with Crippen molar-refractivity contribution in [3.8, 4) is 0 Å². The van der Waals surface area contributed by atoms with E-state index in [1.54, 1.807) is 0 Å². The number of H-pyrrole nitrogens is 1. The molecule has 0 spiro atoms. The van der Waals surface area contributed by atoms with Crippen molar-refractivity contribution >= 4 is 19.2 Å². The van der Waals surface area contributed by atoms with Crippen molar-refractivity contribution in [3.63, 3.8) is 0 Å². The van der Waals surface area contributed by atoms with Gasteiger partial charge in [-0.25, -0.2) is 4.79 Å². The fraction of sp³-hybridized carbons (Fsp3) is 0.636. The molecule has 4 atom stereocenters. The van der Waals surface area contributed by atoms with Crippen LogP contribution in [0.4, 0.5) is 0 Å². The van der Waals surface area contributed by atoms with Crippen molar-refractivity contribution in [1.29, 1.82) is 0 Å². The first kappa shape index (κ1) is 18.7. The summed E-state index contributed by atoms with van der Waals surface area (Å²) in [5, 5.41) is 3.56. The summed E-state index contributed by atoms with van der Waals surface area (Å²) in [6, 6.07) is -0.713. The van der Waals surface area contributed by atoms with E-state index in [0.717, 1.165) is 4.57 Å². The zero-order chi connectivity index (χ0) is 17.9. The average Bonchev–Trinajstić information content (AvgIpc) is 2.92. The molecule has 1 aliphatic rings. The van der Waals surface area contributed by atoms with Gasteiger partial charge in [0, 0.05) is 23.1 Å². The molecular formula is C11H15ClN5O6P. The zero-order valence-electron chi connectivity index (χ0n) is 12.5. The summed E-state index contributed by atoms with van der Waals surface area (Å²) in [5.74, 6) is 0. The fourth-order valence-electron chi connectivity index (χ4n) is 2.25. The van der Waals surface area contributed by atoms with Crippen LogP contribution in [0.25, 0.3) is 10.4 Å². The maximum absolute atomic E-state index is 11.9. The van der Waals surface area contributed by atoms with E-state index in [1.165, 1.54) is 13.1 Å². The minimum absolute atomic E-state index is 0.139. The highest BCUT2D eigenvalue weighted by Gasteiger charge is 2.37. The molecule has 2 N–H and O–H groups in total. The Kier molecular flexibility index (Phi) is 5.87. The number of alkyl halides is 1. The number of nitrogens with one attached hydrogen (secondary N) is 1. The van der Waals surface area contributed by atoms with Gasteiger partial charge in [-0.1, -0.05) is 5.11 Å². The molecular weight excluding hydrogens is 365 g/mol. The van der Waals surface area contributed by atoms with Gasteiger partial charge in [-0.2, -0.15) is 0 Å². The van der Waals surface area contributed by atoms with Crippen LogP contribution in [-0.4, -0.2) is 38.8 Å². The second-order valence-electron chi connectivity index (χ2n) is 5.17. The van der Waals surface area contributed by atoms with Gasteiger partial charge in [0.1, 0.15) is 11.8 Å². The van der Waals surface area contributed by atoms with Gasteiger partial charge in [0.15, 0.2) is 0 Å². The SMILES string of the molecule is Cc1cn([C@H]2CC(N=[N+]=[N-])[C@@H](COP(=O)(O)CCl)O2)c(=O)[nH]c1=O. The maximum Gasteiger partial charge on any atom is 0.342 e.